The van der Waals surface area contributed by atoms with Crippen LogP contribution >= 0.6 is 34.8 Å². The number of fused-ring (bicyclic) bond motifs is 1. The monoisotopic (exact) mass is 383 g/mol. The summed E-state index contributed by atoms with van der Waals surface area (Å²) in [5.74, 6) is -1.28. The van der Waals surface area contributed by atoms with Gasteiger partial charge >= 0.3 is 5.97 Å². The van der Waals surface area contributed by atoms with Crippen LogP contribution in [0, 0.1) is 0 Å². The minimum Gasteiger partial charge on any atom is -0.453 e. The molecule has 0 aliphatic heterocycles. The number of halogens is 3. The van der Waals surface area contributed by atoms with Crippen LogP contribution in [0.3, 0.4) is 0 Å². The highest BCUT2D eigenvalue weighted by molar-refractivity contribution is 6.48. The lowest BCUT2D eigenvalue weighted by Gasteiger charge is -2.06. The molecule has 24 heavy (non-hydrogen) atoms. The highest BCUT2D eigenvalue weighted by Gasteiger charge is 2.20. The average molecular weight is 385 g/mol. The molecule has 0 saturated carbocycles. The minimum absolute atomic E-state index is 0.0103. The molecule has 0 spiro atoms. The number of Topliss-reactive ketones (excluding diaryl/α,β-unsaturated/α-hetero) is 1. The molecule has 8 heteroatoms. The Hall–Kier alpha value is -2.08. The molecule has 0 aliphatic carbocycles. The van der Waals surface area contributed by atoms with Crippen LogP contribution in [0.1, 0.15) is 21.0 Å². The molecule has 0 aliphatic rings. The van der Waals surface area contributed by atoms with Crippen molar-refractivity contribution in [2.45, 2.75) is 0 Å². The van der Waals surface area contributed by atoms with Crippen molar-refractivity contribution in [1.82, 2.24) is 4.98 Å². The molecule has 2 heterocycles. The first-order chi connectivity index (χ1) is 11.5. The van der Waals surface area contributed by atoms with E-state index in [2.05, 4.69) is 4.98 Å². The van der Waals surface area contributed by atoms with Crippen molar-refractivity contribution in [2.75, 3.05) is 6.61 Å². The van der Waals surface area contributed by atoms with E-state index in [1.807, 2.05) is 6.07 Å². The topological polar surface area (TPSA) is 69.4 Å². The second kappa shape index (κ2) is 6.81. The van der Waals surface area contributed by atoms with Gasteiger partial charge in [-0.25, -0.2) is 9.78 Å². The third-order valence-electron chi connectivity index (χ3n) is 3.15. The summed E-state index contributed by atoms with van der Waals surface area (Å²) in [4.78, 5) is 27.8. The highest BCUT2D eigenvalue weighted by Crippen LogP contribution is 2.31. The molecule has 0 amide bonds. The van der Waals surface area contributed by atoms with Gasteiger partial charge in [0.15, 0.2) is 18.1 Å². The number of hydrogen-bond acceptors (Lipinski definition) is 5. The van der Waals surface area contributed by atoms with Gasteiger partial charge in [0.2, 0.25) is 5.78 Å². The molecule has 122 valence electrons. The Kier molecular flexibility index (Phi) is 4.76. The summed E-state index contributed by atoms with van der Waals surface area (Å²) in [5.41, 5.74) is 0.352. The Morgan fingerprint density at radius 2 is 1.88 bits per heavy atom. The summed E-state index contributed by atoms with van der Waals surface area (Å²) in [6.45, 7) is -0.517. The van der Waals surface area contributed by atoms with Crippen LogP contribution < -0.4 is 0 Å². The smallest absolute Gasteiger partial charge is 0.358 e. The van der Waals surface area contributed by atoms with Crippen LogP contribution in [0.5, 0.6) is 0 Å². The number of esters is 1. The maximum Gasteiger partial charge on any atom is 0.358 e. The first-order valence-corrected chi connectivity index (χ1v) is 7.79. The van der Waals surface area contributed by atoms with E-state index in [1.54, 1.807) is 24.3 Å². The first-order valence-electron chi connectivity index (χ1n) is 6.65. The Morgan fingerprint density at radius 3 is 2.62 bits per heavy atom. The fraction of sp³-hybridized carbons (Fsp3) is 0.0625. The van der Waals surface area contributed by atoms with Crippen molar-refractivity contribution in [3.05, 3.63) is 63.1 Å². The van der Waals surface area contributed by atoms with E-state index in [4.69, 9.17) is 44.0 Å². The molecule has 0 saturated heterocycles. The second-order valence-electron chi connectivity index (χ2n) is 4.73. The van der Waals surface area contributed by atoms with Gasteiger partial charge in [0, 0.05) is 11.6 Å². The number of pyridine rings is 1. The molecule has 0 fully saturated rings. The van der Waals surface area contributed by atoms with Gasteiger partial charge in [0.05, 0.1) is 15.1 Å². The Balaban J connectivity index is 1.72. The number of ether oxygens (including phenoxy) is 1. The predicted molar refractivity (Wildman–Crippen MR) is 90.1 cm³/mol. The predicted octanol–water partition coefficient (Wildman–Crippen LogP) is 4.83. The average Bonchev–Trinajstić information content (AvgIpc) is 3.01. The molecular weight excluding hydrogens is 377 g/mol. The van der Waals surface area contributed by atoms with Gasteiger partial charge in [-0.15, -0.1) is 0 Å². The van der Waals surface area contributed by atoms with Crippen LogP contribution in [0.2, 0.25) is 15.1 Å². The zero-order valence-electron chi connectivity index (χ0n) is 11.9. The van der Waals surface area contributed by atoms with E-state index in [-0.39, 0.29) is 26.5 Å². The number of para-hydroxylation sites is 1. The normalized spacial score (nSPS) is 10.8. The van der Waals surface area contributed by atoms with E-state index in [0.717, 1.165) is 5.39 Å². The van der Waals surface area contributed by atoms with E-state index in [1.165, 1.54) is 6.20 Å². The highest BCUT2D eigenvalue weighted by atomic mass is 35.5. The number of hydrogen-bond donors (Lipinski definition) is 0. The maximum atomic E-state index is 12.1. The lowest BCUT2D eigenvalue weighted by atomic mass is 10.2. The van der Waals surface area contributed by atoms with Crippen LogP contribution in [0.4, 0.5) is 0 Å². The lowest BCUT2D eigenvalue weighted by Crippen LogP contribution is -2.15. The number of rotatable bonds is 4. The standard InChI is InChI=1S/C16H8Cl3NO4/c17-9-6-20-15(14(19)13(9)18)16(22)23-7-10(21)12-5-8-3-1-2-4-11(8)24-12/h1-6H,7H2. The second-order valence-corrected chi connectivity index (χ2v) is 5.89. The Labute approximate surface area is 151 Å². The first kappa shape index (κ1) is 16.8. The van der Waals surface area contributed by atoms with Crippen LogP contribution in [0.15, 0.2) is 40.9 Å². The third-order valence-corrected chi connectivity index (χ3v) is 4.39. The largest absolute Gasteiger partial charge is 0.453 e. The summed E-state index contributed by atoms with van der Waals surface area (Å²) >= 11 is 17.5. The molecule has 3 rings (SSSR count). The summed E-state index contributed by atoms with van der Waals surface area (Å²) in [6.07, 6.45) is 1.17. The fourth-order valence-electron chi connectivity index (χ4n) is 1.98. The molecule has 0 bridgehead atoms. The molecule has 1 aromatic carbocycles. The van der Waals surface area contributed by atoms with E-state index in [0.29, 0.717) is 5.58 Å². The zero-order chi connectivity index (χ0) is 17.3. The van der Waals surface area contributed by atoms with Gasteiger partial charge < -0.3 is 9.15 Å². The van der Waals surface area contributed by atoms with E-state index >= 15 is 0 Å². The van der Waals surface area contributed by atoms with Crippen LogP contribution in [-0.4, -0.2) is 23.3 Å². The molecule has 0 atom stereocenters. The number of benzene rings is 1. The molecule has 0 N–H and O–H groups in total. The van der Waals surface area contributed by atoms with Crippen molar-refractivity contribution >= 4 is 57.5 Å². The molecule has 0 radical (unpaired) electrons. The number of nitrogens with zero attached hydrogens (tertiary/aromatic N) is 1. The number of carbonyl (C=O) groups excluding carboxylic acids is 2. The molecule has 5 nitrogen and oxygen atoms in total. The number of furan rings is 1. The van der Waals surface area contributed by atoms with Crippen molar-refractivity contribution in [3.63, 3.8) is 0 Å². The van der Waals surface area contributed by atoms with E-state index in [9.17, 15) is 9.59 Å². The summed E-state index contributed by atoms with van der Waals surface area (Å²) in [7, 11) is 0. The van der Waals surface area contributed by atoms with E-state index < -0.39 is 18.4 Å². The number of carbonyl (C=O) groups is 2. The van der Waals surface area contributed by atoms with Crippen LogP contribution in [-0.2, 0) is 4.74 Å². The summed E-state index contributed by atoms with van der Waals surface area (Å²) in [5, 5.41) is 0.743. The van der Waals surface area contributed by atoms with Crippen molar-refractivity contribution in [2.24, 2.45) is 0 Å². The molecule has 2 aromatic heterocycles. The fourth-order valence-corrected chi connectivity index (χ4v) is 2.53. The van der Waals surface area contributed by atoms with Crippen molar-refractivity contribution in [1.29, 1.82) is 0 Å². The Bertz CT molecular complexity index is 919. The van der Waals surface area contributed by atoms with Crippen molar-refractivity contribution in [3.8, 4) is 0 Å². The zero-order valence-corrected chi connectivity index (χ0v) is 14.2. The molecular formula is C16H8Cl3NO4. The minimum atomic E-state index is -0.886. The van der Waals surface area contributed by atoms with Gasteiger partial charge in [-0.1, -0.05) is 53.0 Å². The lowest BCUT2D eigenvalue weighted by molar-refractivity contribution is 0.0463. The van der Waals surface area contributed by atoms with Gasteiger partial charge in [-0.3, -0.25) is 4.79 Å². The van der Waals surface area contributed by atoms with Gasteiger partial charge in [-0.05, 0) is 12.1 Å². The van der Waals surface area contributed by atoms with Gasteiger partial charge in [-0.2, -0.15) is 0 Å². The maximum absolute atomic E-state index is 12.1. The van der Waals surface area contributed by atoms with Gasteiger partial charge in [0.1, 0.15) is 5.58 Å². The summed E-state index contributed by atoms with van der Waals surface area (Å²) in [6, 6.07) is 8.73. The quantitative estimate of drug-likeness (QED) is 0.476. The SMILES string of the molecule is O=C(COC(=O)c1ncc(Cl)c(Cl)c1Cl)c1cc2ccccc2o1. The molecule has 3 aromatic rings. The van der Waals surface area contributed by atoms with Crippen molar-refractivity contribution < 1.29 is 18.7 Å². The number of aromatic nitrogens is 1. The number of ketones is 1. The third kappa shape index (κ3) is 3.24. The van der Waals surface area contributed by atoms with Gasteiger partial charge in [0.25, 0.3) is 0 Å². The summed E-state index contributed by atoms with van der Waals surface area (Å²) < 4.78 is 10.3. The molecule has 0 unspecified atom stereocenters. The van der Waals surface area contributed by atoms with Crippen LogP contribution in [0.25, 0.3) is 11.0 Å². The Morgan fingerprint density at radius 1 is 1.12 bits per heavy atom.